The molecular weight excluding hydrogens is 242 g/mol. The summed E-state index contributed by atoms with van der Waals surface area (Å²) in [5.74, 6) is -0.0987. The quantitative estimate of drug-likeness (QED) is 0.805. The number of rotatable bonds is 3. The van der Waals surface area contributed by atoms with Gasteiger partial charge >= 0.3 is 0 Å². The van der Waals surface area contributed by atoms with Crippen LogP contribution in [0.2, 0.25) is 0 Å². The van der Waals surface area contributed by atoms with Crippen molar-refractivity contribution in [3.8, 4) is 0 Å². The van der Waals surface area contributed by atoms with Crippen molar-refractivity contribution < 1.29 is 9.53 Å². The molecule has 19 heavy (non-hydrogen) atoms. The number of hydrogen-bond donors (Lipinski definition) is 2. The number of nitrogens with one attached hydrogen (secondary N) is 1. The van der Waals surface area contributed by atoms with E-state index < -0.39 is 0 Å². The Hall–Kier alpha value is -1.75. The molecule has 1 aromatic rings. The molecule has 0 spiro atoms. The Morgan fingerprint density at radius 1 is 1.47 bits per heavy atom. The third-order valence-corrected chi connectivity index (χ3v) is 3.44. The second-order valence-corrected chi connectivity index (χ2v) is 5.12. The van der Waals surface area contributed by atoms with Gasteiger partial charge in [-0.2, -0.15) is 0 Å². The average molecular weight is 263 g/mol. The van der Waals surface area contributed by atoms with E-state index >= 15 is 0 Å². The number of nitrogens with zero attached hydrogens (tertiary/aromatic N) is 1. The normalized spacial score (nSPS) is 22.3. The summed E-state index contributed by atoms with van der Waals surface area (Å²) in [6.07, 6.45) is 0.916. The molecule has 5 heteroatoms. The van der Waals surface area contributed by atoms with Gasteiger partial charge in [0.1, 0.15) is 0 Å². The van der Waals surface area contributed by atoms with Crippen LogP contribution in [0.15, 0.2) is 18.2 Å². The largest absolute Gasteiger partial charge is 0.399 e. The van der Waals surface area contributed by atoms with Gasteiger partial charge in [-0.3, -0.25) is 4.79 Å². The van der Waals surface area contributed by atoms with Crippen LogP contribution in [0.1, 0.15) is 23.7 Å². The maximum absolute atomic E-state index is 12.4. The molecule has 1 amide bonds. The van der Waals surface area contributed by atoms with Crippen molar-refractivity contribution in [2.45, 2.75) is 25.5 Å². The first-order valence-corrected chi connectivity index (χ1v) is 6.48. The zero-order chi connectivity index (χ0) is 14.0. The first-order valence-electron chi connectivity index (χ1n) is 6.48. The lowest BCUT2D eigenvalue weighted by Gasteiger charge is -2.20. The van der Waals surface area contributed by atoms with E-state index in [0.717, 1.165) is 12.1 Å². The monoisotopic (exact) mass is 263 g/mol. The van der Waals surface area contributed by atoms with Crippen molar-refractivity contribution >= 4 is 17.3 Å². The van der Waals surface area contributed by atoms with Gasteiger partial charge in [0.2, 0.25) is 0 Å². The van der Waals surface area contributed by atoms with Crippen molar-refractivity contribution in [1.29, 1.82) is 0 Å². The third-order valence-electron chi connectivity index (χ3n) is 3.44. The van der Waals surface area contributed by atoms with Crippen molar-refractivity contribution in [3.63, 3.8) is 0 Å². The molecule has 1 aromatic carbocycles. The molecule has 2 atom stereocenters. The lowest BCUT2D eigenvalue weighted by Crippen LogP contribution is -2.39. The van der Waals surface area contributed by atoms with Crippen LogP contribution in [0.5, 0.6) is 0 Å². The fourth-order valence-corrected chi connectivity index (χ4v) is 2.29. The Balaban J connectivity index is 2.20. The van der Waals surface area contributed by atoms with Gasteiger partial charge < -0.3 is 20.7 Å². The van der Waals surface area contributed by atoms with E-state index in [2.05, 4.69) is 5.32 Å². The van der Waals surface area contributed by atoms with E-state index in [1.54, 1.807) is 12.1 Å². The summed E-state index contributed by atoms with van der Waals surface area (Å²) in [4.78, 5) is 14.3. The zero-order valence-corrected chi connectivity index (χ0v) is 11.6. The van der Waals surface area contributed by atoms with Gasteiger partial charge in [0, 0.05) is 32.1 Å². The number of benzene rings is 1. The summed E-state index contributed by atoms with van der Waals surface area (Å²) < 4.78 is 5.45. The average Bonchev–Trinajstić information content (AvgIpc) is 2.74. The topological polar surface area (TPSA) is 67.6 Å². The van der Waals surface area contributed by atoms with Gasteiger partial charge in [-0.1, -0.05) is 0 Å². The van der Waals surface area contributed by atoms with Crippen LogP contribution in [0.25, 0.3) is 0 Å². The molecule has 0 aromatic heterocycles. The van der Waals surface area contributed by atoms with Gasteiger partial charge in [0.15, 0.2) is 0 Å². The highest BCUT2D eigenvalue weighted by Gasteiger charge is 2.26. The van der Waals surface area contributed by atoms with E-state index in [9.17, 15) is 4.79 Å². The van der Waals surface area contributed by atoms with Crippen LogP contribution in [0, 0.1) is 0 Å². The fourth-order valence-electron chi connectivity index (χ4n) is 2.29. The van der Waals surface area contributed by atoms with Gasteiger partial charge in [-0.05, 0) is 31.5 Å². The third kappa shape index (κ3) is 2.98. The second-order valence-electron chi connectivity index (χ2n) is 5.12. The molecule has 3 N–H and O–H groups in total. The van der Waals surface area contributed by atoms with Crippen molar-refractivity contribution in [2.24, 2.45) is 0 Å². The number of nitrogens with two attached hydrogens (primary N) is 1. The molecule has 0 aliphatic carbocycles. The highest BCUT2D eigenvalue weighted by Crippen LogP contribution is 2.22. The molecule has 1 aliphatic heterocycles. The van der Waals surface area contributed by atoms with Gasteiger partial charge in [-0.25, -0.2) is 0 Å². The summed E-state index contributed by atoms with van der Waals surface area (Å²) in [5.41, 5.74) is 7.83. The number of carbonyl (C=O) groups excluding carboxylic acids is 1. The number of nitrogen functional groups attached to an aromatic ring is 1. The summed E-state index contributed by atoms with van der Waals surface area (Å²) >= 11 is 0. The molecule has 1 aliphatic rings. The molecule has 5 nitrogen and oxygen atoms in total. The van der Waals surface area contributed by atoms with Crippen LogP contribution < -0.4 is 16.0 Å². The lowest BCUT2D eigenvalue weighted by molar-refractivity contribution is 0.0866. The molecular formula is C14H21N3O2. The van der Waals surface area contributed by atoms with Crippen LogP contribution in [-0.4, -0.2) is 38.8 Å². The van der Waals surface area contributed by atoms with Crippen molar-refractivity contribution in [2.75, 3.05) is 31.3 Å². The van der Waals surface area contributed by atoms with Crippen molar-refractivity contribution in [3.05, 3.63) is 23.8 Å². The molecule has 0 bridgehead atoms. The lowest BCUT2D eigenvalue weighted by atomic mass is 10.1. The smallest absolute Gasteiger partial charge is 0.253 e. The molecule has 2 rings (SSSR count). The minimum absolute atomic E-state index is 0.0628. The Morgan fingerprint density at radius 2 is 2.21 bits per heavy atom. The van der Waals surface area contributed by atoms with E-state index in [1.165, 1.54) is 0 Å². The van der Waals surface area contributed by atoms with Crippen LogP contribution in [0.4, 0.5) is 11.4 Å². The fraction of sp³-hybridized carbons (Fsp3) is 0.500. The first-order chi connectivity index (χ1) is 8.99. The van der Waals surface area contributed by atoms with Crippen LogP contribution in [0.3, 0.4) is 0 Å². The first kappa shape index (κ1) is 13.7. The number of hydrogen-bond acceptors (Lipinski definition) is 4. The predicted molar refractivity (Wildman–Crippen MR) is 76.5 cm³/mol. The molecule has 1 heterocycles. The van der Waals surface area contributed by atoms with Gasteiger partial charge in [0.05, 0.1) is 17.7 Å². The molecule has 1 fully saturated rings. The van der Waals surface area contributed by atoms with Crippen molar-refractivity contribution in [1.82, 2.24) is 5.32 Å². The number of ether oxygens (including phenoxy) is 1. The SMILES string of the molecule is CC1OCCC1NC(=O)c1cc(N)ccc1N(C)C. The molecule has 104 valence electrons. The van der Waals surface area contributed by atoms with E-state index in [1.807, 2.05) is 32.0 Å². The molecule has 2 unspecified atom stereocenters. The summed E-state index contributed by atoms with van der Waals surface area (Å²) in [7, 11) is 3.81. The van der Waals surface area contributed by atoms with Crippen LogP contribution in [-0.2, 0) is 4.74 Å². The van der Waals surface area contributed by atoms with E-state index in [-0.39, 0.29) is 18.1 Å². The van der Waals surface area contributed by atoms with Crippen LogP contribution >= 0.6 is 0 Å². The highest BCUT2D eigenvalue weighted by atomic mass is 16.5. The summed E-state index contributed by atoms with van der Waals surface area (Å²) in [6, 6.07) is 5.45. The maximum atomic E-state index is 12.4. The molecule has 0 saturated carbocycles. The number of amides is 1. The minimum atomic E-state index is -0.0987. The maximum Gasteiger partial charge on any atom is 0.253 e. The van der Waals surface area contributed by atoms with Gasteiger partial charge in [0.25, 0.3) is 5.91 Å². The number of carbonyl (C=O) groups is 1. The summed E-state index contributed by atoms with van der Waals surface area (Å²) in [6.45, 7) is 2.67. The Bertz CT molecular complexity index is 474. The zero-order valence-electron chi connectivity index (χ0n) is 11.6. The Morgan fingerprint density at radius 3 is 2.79 bits per heavy atom. The van der Waals surface area contributed by atoms with E-state index in [4.69, 9.17) is 10.5 Å². The Kier molecular flexibility index (Phi) is 3.95. The standard InChI is InChI=1S/C14H21N3O2/c1-9-12(6-7-19-9)16-14(18)11-8-10(15)4-5-13(11)17(2)3/h4-5,8-9,12H,6-7,15H2,1-3H3,(H,16,18). The van der Waals surface area contributed by atoms with E-state index in [0.29, 0.717) is 17.9 Å². The number of anilines is 2. The Labute approximate surface area is 113 Å². The highest BCUT2D eigenvalue weighted by molar-refractivity contribution is 6.00. The molecule has 1 saturated heterocycles. The molecule has 0 radical (unpaired) electrons. The second kappa shape index (κ2) is 5.48. The van der Waals surface area contributed by atoms with Gasteiger partial charge in [-0.15, -0.1) is 0 Å². The minimum Gasteiger partial charge on any atom is -0.399 e. The predicted octanol–water partition coefficient (Wildman–Crippen LogP) is 1.24. The summed E-state index contributed by atoms with van der Waals surface area (Å²) in [5, 5.41) is 3.02.